The van der Waals surface area contributed by atoms with Crippen molar-refractivity contribution in [3.63, 3.8) is 0 Å². The smallest absolute Gasteiger partial charge is 0.191 e. The van der Waals surface area contributed by atoms with Gasteiger partial charge in [0.2, 0.25) is 0 Å². The summed E-state index contributed by atoms with van der Waals surface area (Å²) in [7, 11) is 0. The molecular weight excluding hydrogens is 415 g/mol. The molecule has 1 fully saturated rings. The molecule has 6 nitrogen and oxygen atoms in total. The number of nitrogens with one attached hydrogen (secondary N) is 2. The van der Waals surface area contributed by atoms with E-state index >= 15 is 0 Å². The zero-order valence-corrected chi connectivity index (χ0v) is 19.3. The fourth-order valence-electron chi connectivity index (χ4n) is 4.11. The van der Waals surface area contributed by atoms with Crippen LogP contribution in [0.2, 0.25) is 0 Å². The Hall–Kier alpha value is -3.19. The molecule has 0 atom stereocenters. The minimum Gasteiger partial charge on any atom is -0.357 e. The molecular formula is C26H33FN6. The third kappa shape index (κ3) is 6.89. The first-order valence-corrected chi connectivity index (χ1v) is 11.8. The van der Waals surface area contributed by atoms with Gasteiger partial charge in [0, 0.05) is 51.4 Å². The van der Waals surface area contributed by atoms with E-state index in [2.05, 4.69) is 57.9 Å². The Balaban J connectivity index is 1.25. The largest absolute Gasteiger partial charge is 0.357 e. The number of halogens is 1. The van der Waals surface area contributed by atoms with E-state index in [1.165, 1.54) is 17.7 Å². The van der Waals surface area contributed by atoms with E-state index < -0.39 is 0 Å². The first-order chi connectivity index (χ1) is 16.2. The highest BCUT2D eigenvalue weighted by atomic mass is 19.1. The van der Waals surface area contributed by atoms with E-state index in [0.29, 0.717) is 12.6 Å². The summed E-state index contributed by atoms with van der Waals surface area (Å²) >= 11 is 0. The van der Waals surface area contributed by atoms with Gasteiger partial charge in [-0.2, -0.15) is 5.10 Å². The molecule has 0 spiro atoms. The minimum atomic E-state index is -0.245. The van der Waals surface area contributed by atoms with Crippen LogP contribution < -0.4 is 10.6 Å². The third-order valence-electron chi connectivity index (χ3n) is 5.89. The molecule has 33 heavy (non-hydrogen) atoms. The molecule has 1 aromatic heterocycles. The Labute approximate surface area is 195 Å². The van der Waals surface area contributed by atoms with Gasteiger partial charge >= 0.3 is 0 Å². The van der Waals surface area contributed by atoms with Gasteiger partial charge < -0.3 is 10.6 Å². The van der Waals surface area contributed by atoms with Crippen molar-refractivity contribution in [3.8, 4) is 5.69 Å². The van der Waals surface area contributed by atoms with Crippen molar-refractivity contribution in [1.82, 2.24) is 25.3 Å². The van der Waals surface area contributed by atoms with Gasteiger partial charge in [0.25, 0.3) is 0 Å². The van der Waals surface area contributed by atoms with Gasteiger partial charge in [0.05, 0.1) is 11.4 Å². The lowest BCUT2D eigenvalue weighted by atomic mass is 10.0. The maximum absolute atomic E-state index is 13.1. The number of piperidine rings is 1. The number of hydrogen-bond donors (Lipinski definition) is 2. The van der Waals surface area contributed by atoms with Crippen LogP contribution in [0.25, 0.3) is 5.69 Å². The summed E-state index contributed by atoms with van der Waals surface area (Å²) < 4.78 is 14.9. The Morgan fingerprint density at radius 2 is 1.82 bits per heavy atom. The van der Waals surface area contributed by atoms with E-state index in [1.54, 1.807) is 16.8 Å². The lowest BCUT2D eigenvalue weighted by molar-refractivity contribution is 0.198. The van der Waals surface area contributed by atoms with Gasteiger partial charge in [0.15, 0.2) is 5.96 Å². The number of benzene rings is 2. The van der Waals surface area contributed by atoms with Crippen molar-refractivity contribution in [2.75, 3.05) is 26.2 Å². The molecule has 2 heterocycles. The summed E-state index contributed by atoms with van der Waals surface area (Å²) in [4.78, 5) is 7.29. The van der Waals surface area contributed by atoms with Crippen molar-refractivity contribution >= 4 is 5.96 Å². The highest BCUT2D eigenvalue weighted by Gasteiger charge is 2.20. The summed E-state index contributed by atoms with van der Waals surface area (Å²) in [6.07, 6.45) is 4.87. The van der Waals surface area contributed by atoms with Gasteiger partial charge in [-0.05, 0) is 55.7 Å². The second kappa shape index (κ2) is 11.6. The molecule has 1 aliphatic heterocycles. The normalized spacial score (nSPS) is 15.5. The average molecular weight is 449 g/mol. The summed E-state index contributed by atoms with van der Waals surface area (Å²) in [5.74, 6) is 0.628. The van der Waals surface area contributed by atoms with Crippen molar-refractivity contribution in [1.29, 1.82) is 0 Å². The SMILES string of the molecule is CCNC(=NCCc1ccn(-c2ccc(F)cc2)n1)NC1CCN(Cc2ccccc2)CC1. The van der Waals surface area contributed by atoms with Crippen LogP contribution in [0.3, 0.4) is 0 Å². The van der Waals surface area contributed by atoms with Gasteiger partial charge in [-0.3, -0.25) is 9.89 Å². The lowest BCUT2D eigenvalue weighted by Gasteiger charge is -2.33. The van der Waals surface area contributed by atoms with Crippen LogP contribution in [0.5, 0.6) is 0 Å². The van der Waals surface area contributed by atoms with Crippen molar-refractivity contribution < 1.29 is 4.39 Å². The maximum Gasteiger partial charge on any atom is 0.191 e. The molecule has 0 unspecified atom stereocenters. The minimum absolute atomic E-state index is 0.245. The van der Waals surface area contributed by atoms with Crippen LogP contribution >= 0.6 is 0 Å². The maximum atomic E-state index is 13.1. The van der Waals surface area contributed by atoms with E-state index in [0.717, 1.165) is 62.8 Å². The van der Waals surface area contributed by atoms with E-state index in [9.17, 15) is 4.39 Å². The average Bonchev–Trinajstić information content (AvgIpc) is 3.30. The molecule has 0 radical (unpaired) electrons. The molecule has 4 rings (SSSR count). The Morgan fingerprint density at radius 3 is 2.55 bits per heavy atom. The third-order valence-corrected chi connectivity index (χ3v) is 5.89. The molecule has 3 aromatic rings. The number of likely N-dealkylation sites (tertiary alicyclic amines) is 1. The molecule has 2 N–H and O–H groups in total. The standard InChI is InChI=1S/C26H33FN6/c1-2-28-26(30-23-13-17-32(18-14-23)20-21-6-4-3-5-7-21)29-16-12-24-15-19-33(31-24)25-10-8-22(27)9-11-25/h3-11,15,19,23H,2,12-14,16-18,20H2,1H3,(H2,28,29,30). The van der Waals surface area contributed by atoms with Crippen LogP contribution in [-0.2, 0) is 13.0 Å². The van der Waals surface area contributed by atoms with Crippen LogP contribution in [0.1, 0.15) is 31.0 Å². The summed E-state index contributed by atoms with van der Waals surface area (Å²) in [5.41, 5.74) is 3.19. The molecule has 0 amide bonds. The van der Waals surface area contributed by atoms with E-state index in [-0.39, 0.29) is 5.82 Å². The first kappa shape index (κ1) is 23.0. The Bertz CT molecular complexity index is 1010. The fraction of sp³-hybridized carbons (Fsp3) is 0.385. The fourth-order valence-corrected chi connectivity index (χ4v) is 4.11. The zero-order chi connectivity index (χ0) is 22.9. The monoisotopic (exact) mass is 448 g/mol. The van der Waals surface area contributed by atoms with Crippen molar-refractivity contribution in [3.05, 3.63) is 83.9 Å². The van der Waals surface area contributed by atoms with Gasteiger partial charge in [-0.1, -0.05) is 30.3 Å². The Kier molecular flexibility index (Phi) is 8.09. The molecule has 0 bridgehead atoms. The lowest BCUT2D eigenvalue weighted by Crippen LogP contribution is -2.48. The molecule has 1 aliphatic rings. The number of rotatable bonds is 8. The number of aliphatic imine (C=N–C) groups is 1. The highest BCUT2D eigenvalue weighted by molar-refractivity contribution is 5.80. The van der Waals surface area contributed by atoms with Gasteiger partial charge in [-0.25, -0.2) is 9.07 Å². The predicted molar refractivity (Wildman–Crippen MR) is 131 cm³/mol. The number of guanidine groups is 1. The van der Waals surface area contributed by atoms with Crippen LogP contribution in [0.15, 0.2) is 71.9 Å². The van der Waals surface area contributed by atoms with Crippen LogP contribution in [-0.4, -0.2) is 52.9 Å². The van der Waals surface area contributed by atoms with E-state index in [4.69, 9.17) is 4.99 Å². The predicted octanol–water partition coefficient (Wildman–Crippen LogP) is 3.77. The number of hydrogen-bond acceptors (Lipinski definition) is 3. The molecule has 7 heteroatoms. The highest BCUT2D eigenvalue weighted by Crippen LogP contribution is 2.14. The van der Waals surface area contributed by atoms with E-state index in [1.807, 2.05) is 12.3 Å². The molecule has 0 saturated carbocycles. The topological polar surface area (TPSA) is 57.5 Å². The van der Waals surface area contributed by atoms with Gasteiger partial charge in [-0.15, -0.1) is 0 Å². The van der Waals surface area contributed by atoms with Crippen molar-refractivity contribution in [2.24, 2.45) is 4.99 Å². The number of aromatic nitrogens is 2. The first-order valence-electron chi connectivity index (χ1n) is 11.8. The second-order valence-corrected chi connectivity index (χ2v) is 8.42. The van der Waals surface area contributed by atoms with Gasteiger partial charge in [0.1, 0.15) is 5.82 Å². The zero-order valence-electron chi connectivity index (χ0n) is 19.3. The summed E-state index contributed by atoms with van der Waals surface area (Å²) in [6.45, 7) is 6.77. The van der Waals surface area contributed by atoms with Crippen molar-refractivity contribution in [2.45, 2.75) is 38.8 Å². The molecule has 0 aliphatic carbocycles. The number of nitrogens with zero attached hydrogens (tertiary/aromatic N) is 4. The van der Waals surface area contributed by atoms with Crippen LogP contribution in [0.4, 0.5) is 4.39 Å². The Morgan fingerprint density at radius 1 is 1.06 bits per heavy atom. The summed E-state index contributed by atoms with van der Waals surface area (Å²) in [6, 6.07) is 19.4. The van der Waals surface area contributed by atoms with Crippen LogP contribution in [0, 0.1) is 5.82 Å². The quantitative estimate of drug-likeness (QED) is 0.407. The molecule has 2 aromatic carbocycles. The summed E-state index contributed by atoms with van der Waals surface area (Å²) in [5, 5.41) is 11.6. The second-order valence-electron chi connectivity index (χ2n) is 8.42. The molecule has 1 saturated heterocycles. The molecule has 174 valence electrons.